The minimum Gasteiger partial charge on any atom is -0.456 e. The number of ether oxygens (including phenoxy) is 1. The molecule has 1 aromatic heterocycles. The average molecular weight is 363 g/mol. The first-order chi connectivity index (χ1) is 13.8. The Morgan fingerprint density at radius 1 is 0.786 bits per heavy atom. The summed E-state index contributed by atoms with van der Waals surface area (Å²) in [4.78, 5) is 9.46. The van der Waals surface area contributed by atoms with Crippen LogP contribution in [0.3, 0.4) is 0 Å². The van der Waals surface area contributed by atoms with Crippen LogP contribution in [0.25, 0.3) is 34.5 Å². The number of nitrogens with zero attached hydrogens (tertiary/aromatic N) is 2. The van der Waals surface area contributed by atoms with E-state index >= 15 is 0 Å². The number of hydrogen-bond donors (Lipinski definition) is 1. The van der Waals surface area contributed by atoms with Gasteiger partial charge in [-0.15, -0.1) is 0 Å². The van der Waals surface area contributed by atoms with E-state index in [1.165, 1.54) is 0 Å². The maximum absolute atomic E-state index is 6.19. The van der Waals surface area contributed by atoms with Crippen LogP contribution in [0.15, 0.2) is 85.1 Å². The maximum Gasteiger partial charge on any atom is 0.159 e. The fourth-order valence-electron chi connectivity index (χ4n) is 3.27. The summed E-state index contributed by atoms with van der Waals surface area (Å²) in [5, 5.41) is 0. The molecule has 0 atom stereocenters. The minimum absolute atomic E-state index is 0.662. The zero-order valence-electron chi connectivity index (χ0n) is 15.0. The van der Waals surface area contributed by atoms with Crippen LogP contribution in [0, 0.1) is 0 Å². The second kappa shape index (κ2) is 6.67. The topological polar surface area (TPSA) is 61.0 Å². The van der Waals surface area contributed by atoms with Gasteiger partial charge in [-0.05, 0) is 48.0 Å². The summed E-state index contributed by atoms with van der Waals surface area (Å²) in [5.41, 5.74) is 11.2. The van der Waals surface area contributed by atoms with E-state index in [4.69, 9.17) is 15.5 Å². The summed E-state index contributed by atoms with van der Waals surface area (Å²) < 4.78 is 6.19. The molecule has 28 heavy (non-hydrogen) atoms. The predicted molar refractivity (Wildman–Crippen MR) is 112 cm³/mol. The van der Waals surface area contributed by atoms with Gasteiger partial charge in [-0.2, -0.15) is 0 Å². The zero-order chi connectivity index (χ0) is 18.9. The van der Waals surface area contributed by atoms with E-state index in [0.29, 0.717) is 11.5 Å². The molecule has 4 nitrogen and oxygen atoms in total. The van der Waals surface area contributed by atoms with Gasteiger partial charge < -0.3 is 10.5 Å². The highest BCUT2D eigenvalue weighted by Gasteiger charge is 2.24. The Morgan fingerprint density at radius 3 is 2.36 bits per heavy atom. The lowest BCUT2D eigenvalue weighted by atomic mass is 10.00. The van der Waals surface area contributed by atoms with Gasteiger partial charge in [0.2, 0.25) is 0 Å². The van der Waals surface area contributed by atoms with Crippen LogP contribution in [-0.2, 0) is 0 Å². The van der Waals surface area contributed by atoms with Crippen molar-refractivity contribution in [2.45, 2.75) is 0 Å². The Balaban J connectivity index is 1.68. The first kappa shape index (κ1) is 16.3. The van der Waals surface area contributed by atoms with Crippen molar-refractivity contribution >= 4 is 17.5 Å². The number of fused-ring (bicyclic) bond motifs is 3. The number of benzene rings is 3. The Hall–Kier alpha value is -3.92. The van der Waals surface area contributed by atoms with Crippen molar-refractivity contribution in [2.75, 3.05) is 5.73 Å². The lowest BCUT2D eigenvalue weighted by molar-refractivity contribution is 0.513. The van der Waals surface area contributed by atoms with Gasteiger partial charge in [-0.25, -0.2) is 9.97 Å². The molecule has 2 N–H and O–H groups in total. The maximum atomic E-state index is 6.19. The minimum atomic E-state index is 0.662. The molecule has 0 aliphatic carbocycles. The largest absolute Gasteiger partial charge is 0.456 e. The lowest BCUT2D eigenvalue weighted by Crippen LogP contribution is -2.08. The van der Waals surface area contributed by atoms with Crippen LogP contribution in [0.2, 0.25) is 0 Å². The fourth-order valence-corrected chi connectivity index (χ4v) is 3.27. The number of nitrogens with two attached hydrogens (primary N) is 1. The molecular weight excluding hydrogens is 346 g/mol. The molecule has 2 heterocycles. The van der Waals surface area contributed by atoms with E-state index in [-0.39, 0.29) is 0 Å². The van der Waals surface area contributed by atoms with Gasteiger partial charge in [-0.3, -0.25) is 0 Å². The number of para-hydroxylation sites is 1. The Kier molecular flexibility index (Phi) is 3.87. The van der Waals surface area contributed by atoms with Gasteiger partial charge in [0.05, 0.1) is 11.3 Å². The third kappa shape index (κ3) is 2.91. The fraction of sp³-hybridized carbons (Fsp3) is 0. The van der Waals surface area contributed by atoms with Crippen molar-refractivity contribution in [3.63, 3.8) is 0 Å². The number of nitrogen functional groups attached to an aromatic ring is 1. The highest BCUT2D eigenvalue weighted by Crippen LogP contribution is 2.41. The molecule has 0 amide bonds. The summed E-state index contributed by atoms with van der Waals surface area (Å²) in [5.74, 6) is 2.19. The molecule has 0 fully saturated rings. The van der Waals surface area contributed by atoms with E-state index in [1.807, 2.05) is 91.1 Å². The average Bonchev–Trinajstić information content (AvgIpc) is 2.75. The van der Waals surface area contributed by atoms with Crippen molar-refractivity contribution in [1.29, 1.82) is 0 Å². The number of anilines is 1. The highest BCUT2D eigenvalue weighted by molar-refractivity contribution is 5.90. The van der Waals surface area contributed by atoms with Crippen molar-refractivity contribution in [3.05, 3.63) is 96.2 Å². The Labute approximate surface area is 163 Å². The standard InChI is InChI=1S/C24H17N3O/c25-18-12-10-17(11-13-18)24-26-15-20-22(14-16-6-2-1-3-7-16)28-21-9-5-4-8-19(21)23(20)27-24/h1-15H,25H2/b22-14-. The second-order valence-electron chi connectivity index (χ2n) is 6.60. The Morgan fingerprint density at radius 2 is 1.54 bits per heavy atom. The van der Waals surface area contributed by atoms with E-state index < -0.39 is 0 Å². The first-order valence-electron chi connectivity index (χ1n) is 9.05. The van der Waals surface area contributed by atoms with E-state index in [2.05, 4.69) is 4.98 Å². The Bertz CT molecular complexity index is 1180. The zero-order valence-corrected chi connectivity index (χ0v) is 15.0. The monoisotopic (exact) mass is 363 g/mol. The van der Waals surface area contributed by atoms with Crippen LogP contribution >= 0.6 is 0 Å². The SMILES string of the molecule is Nc1ccc(-c2ncc3c(n2)-c2ccccc2O/C3=C\c2ccccc2)cc1. The van der Waals surface area contributed by atoms with Crippen molar-refractivity contribution in [2.24, 2.45) is 0 Å². The number of aromatic nitrogens is 2. The molecule has 0 radical (unpaired) electrons. The van der Waals surface area contributed by atoms with Gasteiger partial charge in [0.15, 0.2) is 5.82 Å². The van der Waals surface area contributed by atoms with E-state index in [1.54, 1.807) is 0 Å². The molecule has 0 spiro atoms. The van der Waals surface area contributed by atoms with E-state index in [9.17, 15) is 0 Å². The van der Waals surface area contributed by atoms with Gasteiger partial charge >= 0.3 is 0 Å². The first-order valence-corrected chi connectivity index (χ1v) is 9.05. The molecule has 1 aliphatic rings. The normalized spacial score (nSPS) is 13.5. The predicted octanol–water partition coefficient (Wildman–Crippen LogP) is 5.28. The summed E-state index contributed by atoms with van der Waals surface area (Å²) >= 11 is 0. The van der Waals surface area contributed by atoms with Gasteiger partial charge in [0.25, 0.3) is 0 Å². The second-order valence-corrected chi connectivity index (χ2v) is 6.60. The van der Waals surface area contributed by atoms with Crippen molar-refractivity contribution in [3.8, 4) is 28.4 Å². The molecule has 0 saturated carbocycles. The van der Waals surface area contributed by atoms with Crippen LogP contribution in [0.1, 0.15) is 11.1 Å². The third-order valence-corrected chi connectivity index (χ3v) is 4.68. The lowest BCUT2D eigenvalue weighted by Gasteiger charge is -2.22. The number of hydrogen-bond acceptors (Lipinski definition) is 4. The summed E-state index contributed by atoms with van der Waals surface area (Å²) in [7, 11) is 0. The molecule has 1 aliphatic heterocycles. The molecule has 5 rings (SSSR count). The van der Waals surface area contributed by atoms with Crippen molar-refractivity contribution < 1.29 is 4.74 Å². The smallest absolute Gasteiger partial charge is 0.159 e. The molecular formula is C24H17N3O. The quantitative estimate of drug-likeness (QED) is 0.492. The number of rotatable bonds is 2. The van der Waals surface area contributed by atoms with Crippen LogP contribution < -0.4 is 10.5 Å². The molecule has 0 bridgehead atoms. The van der Waals surface area contributed by atoms with E-state index in [0.717, 1.165) is 39.5 Å². The molecule has 4 aromatic rings. The van der Waals surface area contributed by atoms with Crippen LogP contribution in [0.5, 0.6) is 5.75 Å². The summed E-state index contributed by atoms with van der Waals surface area (Å²) in [6.07, 6.45) is 3.85. The molecule has 4 heteroatoms. The van der Waals surface area contributed by atoms with Crippen LogP contribution in [-0.4, -0.2) is 9.97 Å². The summed E-state index contributed by atoms with van der Waals surface area (Å²) in [6.45, 7) is 0. The van der Waals surface area contributed by atoms with Gasteiger partial charge in [-0.1, -0.05) is 42.5 Å². The summed E-state index contributed by atoms with van der Waals surface area (Å²) in [6, 6.07) is 25.6. The molecule has 3 aromatic carbocycles. The van der Waals surface area contributed by atoms with Crippen molar-refractivity contribution in [1.82, 2.24) is 9.97 Å². The highest BCUT2D eigenvalue weighted by atomic mass is 16.5. The third-order valence-electron chi connectivity index (χ3n) is 4.68. The molecule has 134 valence electrons. The van der Waals surface area contributed by atoms with Gasteiger partial charge in [0, 0.05) is 23.0 Å². The van der Waals surface area contributed by atoms with Crippen LogP contribution in [0.4, 0.5) is 5.69 Å². The van der Waals surface area contributed by atoms with Gasteiger partial charge in [0.1, 0.15) is 11.5 Å². The molecule has 0 saturated heterocycles. The molecule has 0 unspecified atom stereocenters.